The Morgan fingerprint density at radius 2 is 1.94 bits per heavy atom. The fourth-order valence-electron chi connectivity index (χ4n) is 1.18. The molecule has 0 aliphatic carbocycles. The second-order valence-electron chi connectivity index (χ2n) is 4.86. The highest BCUT2D eigenvalue weighted by molar-refractivity contribution is 7.90. The van der Waals surface area contributed by atoms with Gasteiger partial charge in [-0.15, -0.1) is 4.72 Å². The smallest absolute Gasteiger partial charge is 0.136 e. The van der Waals surface area contributed by atoms with Crippen LogP contribution in [0.4, 0.5) is 0 Å². The molecule has 0 aliphatic heterocycles. The zero-order chi connectivity index (χ0) is 12.9. The van der Waals surface area contributed by atoms with Gasteiger partial charge < -0.3 is 4.55 Å². The molecule has 0 aromatic rings. The topological polar surface area (TPSA) is 35.1 Å². The summed E-state index contributed by atoms with van der Waals surface area (Å²) in [5, 5.41) is 0. The Kier molecular flexibility index (Phi) is 6.08. The first kappa shape index (κ1) is 15.5. The third-order valence-electron chi connectivity index (χ3n) is 2.10. The van der Waals surface area contributed by atoms with Crippen molar-refractivity contribution in [2.24, 2.45) is 0 Å². The van der Waals surface area contributed by atoms with E-state index in [-0.39, 0.29) is 10.8 Å². The largest absolute Gasteiger partial charge is 0.598 e. The summed E-state index contributed by atoms with van der Waals surface area (Å²) in [6.45, 7) is 17.3. The average Bonchev–Trinajstić information content (AvgIpc) is 2.11. The maximum atomic E-state index is 11.9. The van der Waals surface area contributed by atoms with E-state index in [2.05, 4.69) is 17.9 Å². The molecule has 0 aromatic heterocycles. The summed E-state index contributed by atoms with van der Waals surface area (Å²) >= 11 is -1.07. The number of rotatable bonds is 5. The van der Waals surface area contributed by atoms with Crippen LogP contribution in [0.3, 0.4) is 0 Å². The molecule has 0 saturated carbocycles. The zero-order valence-corrected chi connectivity index (χ0v) is 11.8. The normalized spacial score (nSPS) is 16.8. The van der Waals surface area contributed by atoms with Crippen LogP contribution < -0.4 is 4.72 Å². The van der Waals surface area contributed by atoms with Gasteiger partial charge in [-0.2, -0.15) is 0 Å². The fourth-order valence-corrected chi connectivity index (χ4v) is 1.99. The van der Waals surface area contributed by atoms with Gasteiger partial charge in [0.1, 0.15) is 4.75 Å². The second-order valence-corrected chi connectivity index (χ2v) is 6.86. The molecule has 0 bridgehead atoms. The highest BCUT2D eigenvalue weighted by Crippen LogP contribution is 2.18. The molecule has 16 heavy (non-hydrogen) atoms. The first-order valence-corrected chi connectivity index (χ1v) is 6.51. The minimum atomic E-state index is -1.07. The molecule has 0 amide bonds. The van der Waals surface area contributed by atoms with Crippen LogP contribution in [0.1, 0.15) is 34.6 Å². The molecule has 0 aromatic carbocycles. The molecule has 3 heteroatoms. The highest BCUT2D eigenvalue weighted by Gasteiger charge is 2.28. The van der Waals surface area contributed by atoms with Gasteiger partial charge in [-0.05, 0) is 40.2 Å². The molecule has 92 valence electrons. The van der Waals surface area contributed by atoms with E-state index in [9.17, 15) is 4.55 Å². The van der Waals surface area contributed by atoms with E-state index in [4.69, 9.17) is 0 Å². The quantitative estimate of drug-likeness (QED) is 0.593. The van der Waals surface area contributed by atoms with Gasteiger partial charge in [0.25, 0.3) is 0 Å². The van der Waals surface area contributed by atoms with Gasteiger partial charge in [0.2, 0.25) is 0 Å². The molecule has 2 atom stereocenters. The van der Waals surface area contributed by atoms with Gasteiger partial charge in [0, 0.05) is 11.4 Å². The van der Waals surface area contributed by atoms with E-state index in [1.807, 2.05) is 40.7 Å². The lowest BCUT2D eigenvalue weighted by molar-refractivity contribution is 0.537. The van der Waals surface area contributed by atoms with Crippen LogP contribution in [0, 0.1) is 0 Å². The lowest BCUT2D eigenvalue weighted by Crippen LogP contribution is -2.44. The van der Waals surface area contributed by atoms with Gasteiger partial charge in [-0.3, -0.25) is 0 Å². The van der Waals surface area contributed by atoms with E-state index in [1.54, 1.807) is 6.08 Å². The Hall–Kier alpha value is -0.510. The van der Waals surface area contributed by atoms with E-state index >= 15 is 0 Å². The van der Waals surface area contributed by atoms with Crippen molar-refractivity contribution in [1.82, 2.24) is 4.72 Å². The van der Waals surface area contributed by atoms with Crippen molar-refractivity contribution in [3.63, 3.8) is 0 Å². The molecular formula is C13H23NOS. The van der Waals surface area contributed by atoms with E-state index in [1.165, 1.54) is 0 Å². The SMILES string of the molecule is C=C/C=C(/C(=C)C)C(C)N[S@@+]([O-])C(C)(C)C. The van der Waals surface area contributed by atoms with Crippen molar-refractivity contribution in [3.8, 4) is 0 Å². The summed E-state index contributed by atoms with van der Waals surface area (Å²) in [6.07, 6.45) is 3.63. The van der Waals surface area contributed by atoms with Crippen LogP contribution in [0.5, 0.6) is 0 Å². The maximum absolute atomic E-state index is 11.9. The molecule has 0 heterocycles. The van der Waals surface area contributed by atoms with Crippen molar-refractivity contribution in [1.29, 1.82) is 0 Å². The van der Waals surface area contributed by atoms with Gasteiger partial charge in [-0.25, -0.2) is 0 Å². The summed E-state index contributed by atoms with van der Waals surface area (Å²) in [6, 6.07) is 0.00978. The van der Waals surface area contributed by atoms with Gasteiger partial charge in [0.15, 0.2) is 0 Å². The monoisotopic (exact) mass is 241 g/mol. The standard InChI is InChI=1S/C13H23NOS/c1-8-9-12(10(2)3)11(4)14-16(15)13(5,6)7/h8-9,11,14H,1-2H2,3-7H3/b12-9-/t11?,16-/m0/s1. The molecule has 0 fully saturated rings. The molecule has 0 rings (SSSR count). The Morgan fingerprint density at radius 3 is 2.25 bits per heavy atom. The second kappa shape index (κ2) is 6.28. The van der Waals surface area contributed by atoms with Crippen molar-refractivity contribution in [2.75, 3.05) is 0 Å². The van der Waals surface area contributed by atoms with Crippen LogP contribution in [0.15, 0.2) is 36.5 Å². The van der Waals surface area contributed by atoms with E-state index in [0.717, 1.165) is 11.1 Å². The molecular weight excluding hydrogens is 218 g/mol. The predicted octanol–water partition coefficient (Wildman–Crippen LogP) is 3.12. The van der Waals surface area contributed by atoms with Crippen molar-refractivity contribution < 1.29 is 4.55 Å². The number of allylic oxidation sites excluding steroid dienone is 2. The zero-order valence-electron chi connectivity index (χ0n) is 11.0. The van der Waals surface area contributed by atoms with Gasteiger partial charge in [0.05, 0.1) is 6.04 Å². The highest BCUT2D eigenvalue weighted by atomic mass is 32.2. The molecule has 0 saturated heterocycles. The lowest BCUT2D eigenvalue weighted by atomic mass is 10.0. The minimum absolute atomic E-state index is 0.00978. The molecule has 0 aliphatic rings. The van der Waals surface area contributed by atoms with Gasteiger partial charge >= 0.3 is 0 Å². The number of hydrogen-bond acceptors (Lipinski definition) is 2. The summed E-state index contributed by atoms with van der Waals surface area (Å²) in [7, 11) is 0. The lowest BCUT2D eigenvalue weighted by Gasteiger charge is -2.27. The third kappa shape index (κ3) is 5.01. The number of nitrogens with one attached hydrogen (secondary N) is 1. The molecule has 2 nitrogen and oxygen atoms in total. The van der Waals surface area contributed by atoms with Crippen molar-refractivity contribution in [2.45, 2.75) is 45.4 Å². The first-order chi connectivity index (χ1) is 7.20. The van der Waals surface area contributed by atoms with E-state index in [0.29, 0.717) is 0 Å². The van der Waals surface area contributed by atoms with Crippen molar-refractivity contribution in [3.05, 3.63) is 36.5 Å². The first-order valence-electron chi connectivity index (χ1n) is 5.36. The summed E-state index contributed by atoms with van der Waals surface area (Å²) in [4.78, 5) is 0. The van der Waals surface area contributed by atoms with Crippen LogP contribution in [0.25, 0.3) is 0 Å². The Bertz CT molecular complexity index is 289. The van der Waals surface area contributed by atoms with Crippen LogP contribution in [-0.4, -0.2) is 15.3 Å². The summed E-state index contributed by atoms with van der Waals surface area (Å²) in [5.41, 5.74) is 2.00. The Morgan fingerprint density at radius 1 is 1.44 bits per heavy atom. The third-order valence-corrected chi connectivity index (χ3v) is 3.78. The Balaban J connectivity index is 4.67. The van der Waals surface area contributed by atoms with Crippen molar-refractivity contribution >= 4 is 11.4 Å². The summed E-state index contributed by atoms with van der Waals surface area (Å²) < 4.78 is 14.7. The molecule has 0 radical (unpaired) electrons. The van der Waals surface area contributed by atoms with Gasteiger partial charge in [-0.1, -0.05) is 30.9 Å². The number of hydrogen-bond donors (Lipinski definition) is 1. The fraction of sp³-hybridized carbons (Fsp3) is 0.538. The molecule has 0 spiro atoms. The van der Waals surface area contributed by atoms with E-state index < -0.39 is 11.4 Å². The molecule has 1 N–H and O–H groups in total. The average molecular weight is 241 g/mol. The Labute approximate surface area is 103 Å². The summed E-state index contributed by atoms with van der Waals surface area (Å²) in [5.74, 6) is 0. The van der Waals surface area contributed by atoms with Crippen LogP contribution >= 0.6 is 0 Å². The minimum Gasteiger partial charge on any atom is -0.598 e. The maximum Gasteiger partial charge on any atom is 0.136 e. The van der Waals surface area contributed by atoms with Crippen LogP contribution in [-0.2, 0) is 11.4 Å². The van der Waals surface area contributed by atoms with Crippen LogP contribution in [0.2, 0.25) is 0 Å². The predicted molar refractivity (Wildman–Crippen MR) is 73.6 cm³/mol. The molecule has 1 unspecified atom stereocenters.